The molecule has 2 aromatic carbocycles. The van der Waals surface area contributed by atoms with Crippen LogP contribution in [0, 0.1) is 19.3 Å². The number of rotatable bonds is 14. The van der Waals surface area contributed by atoms with Crippen LogP contribution in [0.15, 0.2) is 30.3 Å². The Morgan fingerprint density at radius 2 is 1.52 bits per heavy atom. The quantitative estimate of drug-likeness (QED) is 0.129. The molecule has 0 saturated heterocycles. The average molecular weight is 609 g/mol. The van der Waals surface area contributed by atoms with Crippen LogP contribution in [0.5, 0.6) is 11.5 Å². The maximum absolute atomic E-state index is 13.3. The van der Waals surface area contributed by atoms with E-state index < -0.39 is 44.9 Å². The first kappa shape index (κ1) is 37.2. The molecule has 0 heterocycles. The predicted molar refractivity (Wildman–Crippen MR) is 164 cm³/mol. The lowest BCUT2D eigenvalue weighted by atomic mass is 9.91. The van der Waals surface area contributed by atoms with Crippen LogP contribution in [0.2, 0.25) is 0 Å². The van der Waals surface area contributed by atoms with Crippen molar-refractivity contribution in [1.29, 1.82) is 0 Å². The van der Waals surface area contributed by atoms with Crippen molar-refractivity contribution in [3.05, 3.63) is 58.1 Å². The van der Waals surface area contributed by atoms with Crippen molar-refractivity contribution in [2.24, 2.45) is 5.41 Å². The third-order valence-electron chi connectivity index (χ3n) is 6.48. The number of esters is 2. The third-order valence-corrected chi connectivity index (χ3v) is 7.93. The smallest absolute Gasteiger partial charge is 0.373 e. The molecule has 0 aliphatic heterocycles. The molecular weight excluding hydrogens is 559 g/mol. The Bertz CT molecular complexity index is 1190. The van der Waals surface area contributed by atoms with E-state index in [0.717, 1.165) is 34.2 Å². The van der Waals surface area contributed by atoms with Crippen molar-refractivity contribution in [2.75, 3.05) is 19.9 Å². The first-order chi connectivity index (χ1) is 19.7. The second-order valence-electron chi connectivity index (χ2n) is 10.8. The predicted octanol–water partition coefficient (Wildman–Crippen LogP) is 8.16. The second-order valence-corrected chi connectivity index (χ2v) is 12.8. The normalized spacial score (nSPS) is 13.3. The molecule has 0 amide bonds. The zero-order chi connectivity index (χ0) is 32.1. The van der Waals surface area contributed by atoms with Gasteiger partial charge in [0, 0.05) is 6.42 Å². The summed E-state index contributed by atoms with van der Waals surface area (Å²) in [6.07, 6.45) is 1.24. The number of hydrogen-bond acceptors (Lipinski definition) is 9. The molecule has 2 aromatic rings. The minimum absolute atomic E-state index is 0.127. The van der Waals surface area contributed by atoms with Crippen LogP contribution in [0.3, 0.4) is 0 Å². The van der Waals surface area contributed by atoms with E-state index in [0.29, 0.717) is 17.9 Å². The highest BCUT2D eigenvalue weighted by atomic mass is 31.2. The van der Waals surface area contributed by atoms with Crippen LogP contribution in [0.25, 0.3) is 0 Å². The number of carbonyl (C=O) groups excluding carboxylic acids is 2. The van der Waals surface area contributed by atoms with E-state index in [1.54, 1.807) is 33.8 Å². The van der Waals surface area contributed by atoms with Gasteiger partial charge in [-0.1, -0.05) is 46.8 Å². The van der Waals surface area contributed by atoms with Gasteiger partial charge in [-0.15, -0.1) is 0 Å². The zero-order valence-corrected chi connectivity index (χ0v) is 27.8. The summed E-state index contributed by atoms with van der Waals surface area (Å²) in [6.45, 7) is 17.6. The van der Waals surface area contributed by atoms with Crippen molar-refractivity contribution >= 4 is 19.5 Å². The summed E-state index contributed by atoms with van der Waals surface area (Å²) in [5, 5.41) is 10.3. The van der Waals surface area contributed by atoms with Crippen LogP contribution in [0.1, 0.15) is 102 Å². The molecule has 0 aliphatic rings. The number of aryl methyl sites for hydroxylation is 2. The van der Waals surface area contributed by atoms with E-state index >= 15 is 0 Å². The van der Waals surface area contributed by atoms with Crippen molar-refractivity contribution in [1.82, 2.24) is 0 Å². The molecule has 2 rings (SSSR count). The van der Waals surface area contributed by atoms with Crippen LogP contribution in [0.4, 0.5) is 0 Å². The molecule has 0 saturated carbocycles. The zero-order valence-electron chi connectivity index (χ0n) is 26.9. The molecule has 2 unspecified atom stereocenters. The molecule has 0 aromatic heterocycles. The fourth-order valence-electron chi connectivity index (χ4n) is 3.77. The van der Waals surface area contributed by atoms with Gasteiger partial charge in [-0.05, 0) is 99.4 Å². The first-order valence-corrected chi connectivity index (χ1v) is 16.2. The molecule has 0 fully saturated rings. The van der Waals surface area contributed by atoms with Gasteiger partial charge in [-0.25, -0.2) is 0 Å². The Labute approximate surface area is 251 Å². The molecule has 0 aliphatic carbocycles. The number of hydrogen-bond donors (Lipinski definition) is 1. The van der Waals surface area contributed by atoms with Crippen molar-refractivity contribution in [3.8, 4) is 11.5 Å². The van der Waals surface area contributed by atoms with E-state index in [2.05, 4.69) is 19.9 Å². The van der Waals surface area contributed by atoms with Crippen molar-refractivity contribution in [3.63, 3.8) is 0 Å². The van der Waals surface area contributed by atoms with Crippen molar-refractivity contribution in [2.45, 2.75) is 94.4 Å². The van der Waals surface area contributed by atoms with E-state index in [9.17, 15) is 19.3 Å². The summed E-state index contributed by atoms with van der Waals surface area (Å²) in [5.74, 6) is -0.0563. The molecule has 0 radical (unpaired) electrons. The number of ether oxygens (including phenoxy) is 3. The van der Waals surface area contributed by atoms with E-state index in [1.165, 1.54) is 0 Å². The number of carbonyl (C=O) groups is 2. The maximum atomic E-state index is 13.3. The molecule has 9 nitrogen and oxygen atoms in total. The van der Waals surface area contributed by atoms with Gasteiger partial charge in [0.1, 0.15) is 11.5 Å². The topological polar surface area (TPSA) is 118 Å². The van der Waals surface area contributed by atoms with Crippen LogP contribution in [-0.2, 0) is 39.1 Å². The maximum Gasteiger partial charge on any atom is 0.373 e. The number of aromatic hydroxyl groups is 1. The van der Waals surface area contributed by atoms with Gasteiger partial charge in [0.2, 0.25) is 13.6 Å². The number of benzene rings is 2. The first-order valence-electron chi connectivity index (χ1n) is 14.4. The molecule has 236 valence electrons. The molecule has 10 heteroatoms. The van der Waals surface area contributed by atoms with Gasteiger partial charge in [0.25, 0.3) is 0 Å². The van der Waals surface area contributed by atoms with Crippen LogP contribution >= 0.6 is 7.60 Å². The largest absolute Gasteiger partial charge is 0.508 e. The highest BCUT2D eigenvalue weighted by molar-refractivity contribution is 7.53. The highest BCUT2D eigenvalue weighted by Gasteiger charge is 2.30. The molecule has 0 spiro atoms. The van der Waals surface area contributed by atoms with Gasteiger partial charge >= 0.3 is 19.5 Å². The monoisotopic (exact) mass is 608 g/mol. The Balaban J connectivity index is 0.00000431. The van der Waals surface area contributed by atoms with Gasteiger partial charge in [-0.3, -0.25) is 23.2 Å². The highest BCUT2D eigenvalue weighted by Crippen LogP contribution is 2.48. The SMILES string of the molecule is CC.CCC(=O)OCOP(=O)(COc1cc(C)c(Cc2ccc(O)c(C(C)CC)c2)c(C)c1)OCOC(=O)C(C)(C)C. The van der Waals surface area contributed by atoms with Crippen LogP contribution in [-0.4, -0.2) is 37.0 Å². The fourth-order valence-corrected chi connectivity index (χ4v) is 4.72. The minimum Gasteiger partial charge on any atom is -0.508 e. The molecule has 42 heavy (non-hydrogen) atoms. The fraction of sp³-hybridized carbons (Fsp3) is 0.562. The van der Waals surface area contributed by atoms with E-state index in [-0.39, 0.29) is 12.3 Å². The average Bonchev–Trinajstić information content (AvgIpc) is 2.94. The van der Waals surface area contributed by atoms with Gasteiger partial charge in [0.15, 0.2) is 6.35 Å². The standard InChI is InChI=1S/C30H43O9P.C2H6/c1-9-20(3)26-16-23(11-12-27(26)31)15-25-21(4)13-24(14-22(25)5)37-19-40(34,38-17-35-28(32)10-2)39-18-36-29(33)30(6,7)8;1-2/h11-14,16,20,31H,9-10,15,17-19H2,1-8H3;1-2H3. The second kappa shape index (κ2) is 17.3. The van der Waals surface area contributed by atoms with E-state index in [4.69, 9.17) is 23.3 Å². The molecule has 1 N–H and O–H groups in total. The Morgan fingerprint density at radius 1 is 0.952 bits per heavy atom. The molecule has 2 atom stereocenters. The van der Waals surface area contributed by atoms with E-state index in [1.807, 2.05) is 45.9 Å². The number of phenols is 1. The third kappa shape index (κ3) is 11.8. The summed E-state index contributed by atoms with van der Waals surface area (Å²) >= 11 is 0. The Hall–Kier alpha value is -2.87. The summed E-state index contributed by atoms with van der Waals surface area (Å²) < 4.78 is 39.6. The number of phenolic OH excluding ortho intramolecular Hbond substituents is 1. The summed E-state index contributed by atoms with van der Waals surface area (Å²) in [6, 6.07) is 9.38. The Morgan fingerprint density at radius 3 is 2.05 bits per heavy atom. The summed E-state index contributed by atoms with van der Waals surface area (Å²) in [4.78, 5) is 23.5. The van der Waals surface area contributed by atoms with Crippen LogP contribution < -0.4 is 4.74 Å². The lowest BCUT2D eigenvalue weighted by Crippen LogP contribution is -2.24. The van der Waals surface area contributed by atoms with Gasteiger partial charge in [-0.2, -0.15) is 0 Å². The minimum atomic E-state index is -3.98. The van der Waals surface area contributed by atoms with Gasteiger partial charge in [0.05, 0.1) is 5.41 Å². The molecule has 0 bridgehead atoms. The lowest BCUT2D eigenvalue weighted by molar-refractivity contribution is -0.160. The summed E-state index contributed by atoms with van der Waals surface area (Å²) in [7, 11) is -3.98. The molecular formula is C32H49O9P. The lowest BCUT2D eigenvalue weighted by Gasteiger charge is -2.21. The van der Waals surface area contributed by atoms with Gasteiger partial charge < -0.3 is 19.3 Å². The Kier molecular flexibility index (Phi) is 15.3. The summed E-state index contributed by atoms with van der Waals surface area (Å²) in [5.41, 5.74) is 4.31. The van der Waals surface area contributed by atoms with Crippen molar-refractivity contribution < 1.29 is 42.5 Å².